The molecular weight excluding hydrogens is 709 g/mol. The number of aromatic amines is 1. The number of aromatic hydroxyl groups is 1. The number of benzene rings is 4. The summed E-state index contributed by atoms with van der Waals surface area (Å²) in [5.41, 5.74) is 4.02. The number of nitrogens with one attached hydrogen (secondary N) is 3. The van der Waals surface area contributed by atoms with E-state index in [1.807, 2.05) is 72.8 Å². The number of aliphatic hydroxyl groups excluding tert-OH is 1. The molecule has 1 aromatic heterocycles. The number of amides is 1. The Morgan fingerprint density at radius 2 is 1.66 bits per heavy atom. The summed E-state index contributed by atoms with van der Waals surface area (Å²) >= 11 is 0. The highest BCUT2D eigenvalue weighted by Gasteiger charge is 2.37. The molecule has 0 aliphatic carbocycles. The molecule has 8 rings (SSSR count). The van der Waals surface area contributed by atoms with Crippen molar-refractivity contribution in [1.29, 1.82) is 0 Å². The number of rotatable bonds is 17. The number of carbonyl (C=O) groups excluding carboxylic acids is 2. The largest absolute Gasteiger partial charge is 0.506 e. The maximum absolute atomic E-state index is 13.3. The molecule has 5 N–H and O–H groups in total. The molecule has 3 atom stereocenters. The van der Waals surface area contributed by atoms with Gasteiger partial charge in [-0.1, -0.05) is 60.7 Å². The van der Waals surface area contributed by atoms with Gasteiger partial charge < -0.3 is 35.3 Å². The third-order valence-corrected chi connectivity index (χ3v) is 11.0. The highest BCUT2D eigenvalue weighted by molar-refractivity contribution is 5.94. The van der Waals surface area contributed by atoms with Crippen LogP contribution in [0.25, 0.3) is 10.9 Å². The molecule has 0 saturated carbocycles. The molecule has 2 bridgehead atoms. The Morgan fingerprint density at radius 3 is 2.46 bits per heavy atom. The number of hydrogen-bond donors (Lipinski definition) is 5. The van der Waals surface area contributed by atoms with Crippen LogP contribution < -0.4 is 20.9 Å². The molecule has 0 radical (unpaired) electrons. The molecule has 3 saturated heterocycles. The van der Waals surface area contributed by atoms with Gasteiger partial charge in [-0.15, -0.1) is 0 Å². The summed E-state index contributed by atoms with van der Waals surface area (Å²) in [6.45, 7) is 4.74. The van der Waals surface area contributed by atoms with E-state index in [-0.39, 0.29) is 48.2 Å². The lowest BCUT2D eigenvalue weighted by Crippen LogP contribution is -2.52. The van der Waals surface area contributed by atoms with Crippen LogP contribution in [-0.2, 0) is 16.1 Å². The van der Waals surface area contributed by atoms with Gasteiger partial charge in [-0.3, -0.25) is 19.3 Å². The van der Waals surface area contributed by atoms with Crippen LogP contribution in [0, 0.1) is 5.92 Å². The number of unbranched alkanes of at least 4 members (excludes halogenated alkanes) is 1. The number of esters is 1. The van der Waals surface area contributed by atoms with Crippen molar-refractivity contribution < 1.29 is 29.3 Å². The number of carbonyl (C=O) groups is 2. The summed E-state index contributed by atoms with van der Waals surface area (Å²) in [5, 5.41) is 27.7. The van der Waals surface area contributed by atoms with Crippen molar-refractivity contribution in [2.45, 2.75) is 56.8 Å². The zero-order valence-electron chi connectivity index (χ0n) is 31.5. The Hall–Kier alpha value is -5.49. The van der Waals surface area contributed by atoms with Crippen molar-refractivity contribution in [1.82, 2.24) is 20.5 Å². The third kappa shape index (κ3) is 9.84. The number of fused-ring (bicyclic) bond motifs is 4. The second kappa shape index (κ2) is 18.4. The lowest BCUT2D eigenvalue weighted by atomic mass is 9.85. The SMILES string of the molecule is O=C(C[C@@H](c1ccccc1)c1cccc(OCc2cccc(C(=O)NCCCCNC[C@H](O)c3ccc(O)c4[nH]c(=O)ccc34)c2)c1)O[C@H]1CN2CCC1CC2. The van der Waals surface area contributed by atoms with E-state index >= 15 is 0 Å². The van der Waals surface area contributed by atoms with Crippen LogP contribution in [0.2, 0.25) is 0 Å². The van der Waals surface area contributed by atoms with Crippen LogP contribution in [0.4, 0.5) is 0 Å². The summed E-state index contributed by atoms with van der Waals surface area (Å²) in [6, 6.07) is 31.4. The van der Waals surface area contributed by atoms with E-state index in [4.69, 9.17) is 9.47 Å². The normalized spacial score (nSPS) is 18.6. The monoisotopic (exact) mass is 758 g/mol. The average molecular weight is 759 g/mol. The van der Waals surface area contributed by atoms with E-state index in [2.05, 4.69) is 20.5 Å². The summed E-state index contributed by atoms with van der Waals surface area (Å²) in [6.07, 6.45) is 3.11. The summed E-state index contributed by atoms with van der Waals surface area (Å²) in [5.74, 6) is 0.576. The van der Waals surface area contributed by atoms with Crippen LogP contribution in [0.1, 0.15) is 76.7 Å². The van der Waals surface area contributed by atoms with Gasteiger partial charge in [0.25, 0.3) is 5.91 Å². The fourth-order valence-corrected chi connectivity index (χ4v) is 7.91. The number of aliphatic hydroxyl groups is 1. The van der Waals surface area contributed by atoms with E-state index < -0.39 is 6.10 Å². The number of phenols is 1. The maximum Gasteiger partial charge on any atom is 0.307 e. The minimum atomic E-state index is -0.828. The summed E-state index contributed by atoms with van der Waals surface area (Å²) < 4.78 is 12.3. The molecule has 4 heterocycles. The maximum atomic E-state index is 13.3. The molecule has 11 heteroatoms. The first kappa shape index (κ1) is 38.8. The first-order chi connectivity index (χ1) is 27.3. The quantitative estimate of drug-likeness (QED) is 0.0585. The van der Waals surface area contributed by atoms with Gasteiger partial charge >= 0.3 is 5.97 Å². The fourth-order valence-electron chi connectivity index (χ4n) is 7.91. The Labute approximate surface area is 326 Å². The number of nitrogens with zero attached hydrogens (tertiary/aromatic N) is 1. The van der Waals surface area contributed by atoms with Crippen molar-refractivity contribution in [3.05, 3.63) is 141 Å². The van der Waals surface area contributed by atoms with Crippen LogP contribution >= 0.6 is 0 Å². The van der Waals surface area contributed by atoms with E-state index in [0.717, 1.165) is 62.0 Å². The number of hydrogen-bond acceptors (Lipinski definition) is 9. The first-order valence-corrected chi connectivity index (χ1v) is 19.6. The molecule has 4 aromatic carbocycles. The minimum Gasteiger partial charge on any atom is -0.506 e. The molecule has 5 aromatic rings. The van der Waals surface area contributed by atoms with E-state index in [1.165, 1.54) is 12.1 Å². The predicted molar refractivity (Wildman–Crippen MR) is 215 cm³/mol. The van der Waals surface area contributed by atoms with Crippen molar-refractivity contribution in [3.63, 3.8) is 0 Å². The van der Waals surface area contributed by atoms with Gasteiger partial charge in [0, 0.05) is 42.6 Å². The Morgan fingerprint density at radius 1 is 0.875 bits per heavy atom. The third-order valence-electron chi connectivity index (χ3n) is 11.0. The Kier molecular flexibility index (Phi) is 12.8. The van der Waals surface area contributed by atoms with Crippen molar-refractivity contribution in [2.75, 3.05) is 39.3 Å². The van der Waals surface area contributed by atoms with Gasteiger partial charge in [-0.2, -0.15) is 0 Å². The Balaban J connectivity index is 0.866. The molecule has 292 valence electrons. The van der Waals surface area contributed by atoms with E-state index in [0.29, 0.717) is 53.3 Å². The van der Waals surface area contributed by atoms with Crippen LogP contribution in [0.15, 0.2) is 108 Å². The standard InChI is InChI=1S/C45H50N4O7/c50-39-16-14-36(37-15-17-42(52)48-44(37)39)40(51)27-46-20-4-5-21-47-45(54)34-12-6-8-30(24-34)29-55-35-13-7-11-33(25-35)38(31-9-2-1-3-10-31)26-43(53)56-41-28-49-22-18-32(41)19-23-49/h1-3,6-17,24-25,32,38,40-41,46,50-51H,4-5,18-23,26-29H2,(H,47,54)(H,48,52)/t38-,40-,41-/m0/s1. The number of H-pyrrole nitrogens is 1. The van der Waals surface area contributed by atoms with Gasteiger partial charge in [0.05, 0.1) is 18.0 Å². The lowest BCUT2D eigenvalue weighted by molar-refractivity contribution is -0.159. The van der Waals surface area contributed by atoms with Gasteiger partial charge in [0.2, 0.25) is 5.56 Å². The number of aromatic nitrogens is 1. The molecular formula is C45H50N4O7. The Bertz CT molecular complexity index is 2170. The predicted octanol–water partition coefficient (Wildman–Crippen LogP) is 5.81. The molecule has 3 aliphatic rings. The van der Waals surface area contributed by atoms with Crippen LogP contribution in [0.5, 0.6) is 11.5 Å². The van der Waals surface area contributed by atoms with Crippen LogP contribution in [-0.4, -0.2) is 77.3 Å². The van der Waals surface area contributed by atoms with Crippen molar-refractivity contribution >= 4 is 22.8 Å². The van der Waals surface area contributed by atoms with Gasteiger partial charge in [-0.05, 0) is 110 Å². The molecule has 0 spiro atoms. The highest BCUT2D eigenvalue weighted by Crippen LogP contribution is 2.34. The molecule has 11 nitrogen and oxygen atoms in total. The molecule has 3 aliphatic heterocycles. The lowest BCUT2D eigenvalue weighted by Gasteiger charge is -2.44. The minimum absolute atomic E-state index is 0.0279. The van der Waals surface area contributed by atoms with E-state index in [1.54, 1.807) is 18.2 Å². The first-order valence-electron chi connectivity index (χ1n) is 19.6. The fraction of sp³-hybridized carbons (Fsp3) is 0.356. The topological polar surface area (TPSA) is 153 Å². The zero-order valence-corrected chi connectivity index (χ0v) is 31.5. The zero-order chi connectivity index (χ0) is 38.9. The van der Waals surface area contributed by atoms with Crippen molar-refractivity contribution in [3.8, 4) is 11.5 Å². The highest BCUT2D eigenvalue weighted by atomic mass is 16.5. The molecule has 3 fully saturated rings. The second-order valence-electron chi connectivity index (χ2n) is 14.9. The van der Waals surface area contributed by atoms with Gasteiger partial charge in [0.15, 0.2) is 0 Å². The number of ether oxygens (including phenoxy) is 2. The number of piperidine rings is 3. The molecule has 1 amide bonds. The van der Waals surface area contributed by atoms with Gasteiger partial charge in [-0.25, -0.2) is 0 Å². The van der Waals surface area contributed by atoms with Gasteiger partial charge in [0.1, 0.15) is 24.2 Å². The van der Waals surface area contributed by atoms with E-state index in [9.17, 15) is 24.6 Å². The van der Waals surface area contributed by atoms with Crippen LogP contribution in [0.3, 0.4) is 0 Å². The average Bonchev–Trinajstić information content (AvgIpc) is 3.23. The van der Waals surface area contributed by atoms with Crippen molar-refractivity contribution in [2.24, 2.45) is 5.92 Å². The summed E-state index contributed by atoms with van der Waals surface area (Å²) in [4.78, 5) is 43.0. The summed E-state index contributed by atoms with van der Waals surface area (Å²) in [7, 11) is 0. The smallest absolute Gasteiger partial charge is 0.307 e. The number of pyridine rings is 1. The second-order valence-corrected chi connectivity index (χ2v) is 14.9. The number of phenolic OH excluding ortho intramolecular Hbond substituents is 1. The molecule has 0 unspecified atom stereocenters. The molecule has 56 heavy (non-hydrogen) atoms.